The zero-order valence-corrected chi connectivity index (χ0v) is 12.4. The minimum atomic E-state index is -6.61. The number of hydrogen-bond donors (Lipinski definition) is 2. The van der Waals surface area contributed by atoms with Crippen LogP contribution in [0.3, 0.4) is 0 Å². The van der Waals surface area contributed by atoms with Gasteiger partial charge in [-0.1, -0.05) is 18.2 Å². The van der Waals surface area contributed by atoms with E-state index in [-0.39, 0.29) is 11.6 Å². The largest absolute Gasteiger partial charge is 0.460 e. The normalized spacial score (nSPS) is 13.4. The second-order valence-electron chi connectivity index (χ2n) is 4.78. The van der Waals surface area contributed by atoms with E-state index >= 15 is 0 Å². The van der Waals surface area contributed by atoms with Gasteiger partial charge in [-0.05, 0) is 19.1 Å². The number of amides is 1. The van der Waals surface area contributed by atoms with E-state index in [2.05, 4.69) is 0 Å². The number of halogens is 7. The lowest BCUT2D eigenvalue weighted by Gasteiger charge is -2.26. The van der Waals surface area contributed by atoms with E-state index in [0.29, 0.717) is 0 Å². The van der Waals surface area contributed by atoms with Crippen molar-refractivity contribution in [3.63, 3.8) is 0 Å². The Bertz CT molecular complexity index is 670. The second-order valence-corrected chi connectivity index (χ2v) is 4.78. The molecule has 1 rings (SSSR count). The van der Waals surface area contributed by atoms with Gasteiger partial charge in [0.1, 0.15) is 0 Å². The highest BCUT2D eigenvalue weighted by molar-refractivity contribution is 5.97. The molecule has 0 aliphatic carbocycles. The molecule has 0 aromatic heterocycles. The van der Waals surface area contributed by atoms with Crippen LogP contribution in [0.25, 0.3) is 0 Å². The lowest BCUT2D eigenvalue weighted by molar-refractivity contribution is -0.342. The van der Waals surface area contributed by atoms with Crippen molar-refractivity contribution in [2.45, 2.75) is 24.9 Å². The maximum Gasteiger partial charge on any atom is 0.460 e. The predicted molar refractivity (Wildman–Crippen MR) is 71.8 cm³/mol. The van der Waals surface area contributed by atoms with Gasteiger partial charge in [0.2, 0.25) is 5.78 Å². The smallest absolute Gasteiger partial charge is 0.303 e. The fourth-order valence-electron chi connectivity index (χ4n) is 1.47. The molecular formula is C14H11F7N2O2. The highest BCUT2D eigenvalue weighted by atomic mass is 19.4. The summed E-state index contributed by atoms with van der Waals surface area (Å²) in [5, 5.41) is 0. The van der Waals surface area contributed by atoms with Gasteiger partial charge in [0.15, 0.2) is 0 Å². The van der Waals surface area contributed by atoms with Gasteiger partial charge in [-0.25, -0.2) is 0 Å². The molecule has 25 heavy (non-hydrogen) atoms. The number of benzene rings is 1. The van der Waals surface area contributed by atoms with Crippen molar-refractivity contribution in [2.24, 2.45) is 0 Å². The molecule has 2 N–H and O–H groups in total. The summed E-state index contributed by atoms with van der Waals surface area (Å²) in [4.78, 5) is 22.7. The van der Waals surface area contributed by atoms with Crippen molar-refractivity contribution in [1.82, 2.24) is 10.9 Å². The molecule has 1 amide bonds. The van der Waals surface area contributed by atoms with E-state index < -0.39 is 35.4 Å². The minimum absolute atomic E-state index is 0.142. The van der Waals surface area contributed by atoms with Crippen molar-refractivity contribution in [2.75, 3.05) is 0 Å². The Hall–Kier alpha value is -2.59. The molecule has 0 aliphatic heterocycles. The monoisotopic (exact) mass is 372 g/mol. The van der Waals surface area contributed by atoms with E-state index in [0.717, 1.165) is 6.92 Å². The van der Waals surface area contributed by atoms with E-state index in [1.54, 1.807) is 6.07 Å². The summed E-state index contributed by atoms with van der Waals surface area (Å²) >= 11 is 0. The van der Waals surface area contributed by atoms with Crippen LogP contribution in [-0.2, 0) is 4.79 Å². The zero-order chi connectivity index (χ0) is 19.5. The zero-order valence-electron chi connectivity index (χ0n) is 12.4. The fourth-order valence-corrected chi connectivity index (χ4v) is 1.47. The average molecular weight is 372 g/mol. The molecule has 4 nitrogen and oxygen atoms in total. The first kappa shape index (κ1) is 20.5. The van der Waals surface area contributed by atoms with E-state index in [9.17, 15) is 40.3 Å². The summed E-state index contributed by atoms with van der Waals surface area (Å²) in [6.07, 6.45) is -6.77. The number of rotatable bonds is 6. The number of hydrazine groups is 1. The number of allylic oxidation sites excluding steroid dienone is 2. The molecule has 0 atom stereocenters. The fraction of sp³-hybridized carbons (Fsp3) is 0.286. The highest BCUT2D eigenvalue weighted by Crippen LogP contribution is 2.47. The first-order valence-corrected chi connectivity index (χ1v) is 6.47. The third-order valence-electron chi connectivity index (χ3n) is 2.82. The van der Waals surface area contributed by atoms with Crippen molar-refractivity contribution in [3.05, 3.63) is 47.7 Å². The quantitative estimate of drug-likeness (QED) is 0.458. The van der Waals surface area contributed by atoms with Crippen LogP contribution in [0.1, 0.15) is 17.3 Å². The molecule has 0 radical (unpaired) electrons. The van der Waals surface area contributed by atoms with Gasteiger partial charge < -0.3 is 5.43 Å². The third kappa shape index (κ3) is 4.48. The summed E-state index contributed by atoms with van der Waals surface area (Å²) in [6, 6.07) is 7.41. The molecular weight excluding hydrogens is 361 g/mol. The van der Waals surface area contributed by atoms with Gasteiger partial charge in [0.25, 0.3) is 5.91 Å². The van der Waals surface area contributed by atoms with Gasteiger partial charge in [-0.15, -0.1) is 0 Å². The van der Waals surface area contributed by atoms with Crippen molar-refractivity contribution in [3.8, 4) is 0 Å². The summed E-state index contributed by atoms with van der Waals surface area (Å²) < 4.78 is 87.7. The molecule has 138 valence electrons. The topological polar surface area (TPSA) is 58.2 Å². The number of nitrogens with one attached hydrogen (secondary N) is 2. The number of alkyl halides is 7. The molecule has 11 heteroatoms. The molecule has 0 saturated heterocycles. The molecule has 0 aliphatic rings. The Morgan fingerprint density at radius 3 is 1.92 bits per heavy atom. The Kier molecular flexibility index (Phi) is 5.82. The summed E-state index contributed by atoms with van der Waals surface area (Å²) in [7, 11) is 0. The number of ketones is 1. The lowest BCUT2D eigenvalue weighted by atomic mass is 10.1. The Labute approximate surface area is 136 Å². The van der Waals surface area contributed by atoms with Crippen molar-refractivity contribution < 1.29 is 40.3 Å². The summed E-state index contributed by atoms with van der Waals surface area (Å²) in [6.45, 7) is 0.908. The van der Waals surface area contributed by atoms with Crippen LogP contribution >= 0.6 is 0 Å². The van der Waals surface area contributed by atoms with Gasteiger partial charge in [-0.3, -0.25) is 15.0 Å². The molecule has 0 bridgehead atoms. The summed E-state index contributed by atoms with van der Waals surface area (Å²) in [5.41, 5.74) is 3.48. The molecule has 0 spiro atoms. The second kappa shape index (κ2) is 7.11. The third-order valence-corrected chi connectivity index (χ3v) is 2.82. The number of hydrogen-bond acceptors (Lipinski definition) is 3. The van der Waals surface area contributed by atoms with Gasteiger partial charge in [0.05, 0.1) is 0 Å². The molecule has 1 aromatic rings. The average Bonchev–Trinajstić information content (AvgIpc) is 2.52. The Morgan fingerprint density at radius 1 is 0.920 bits per heavy atom. The van der Waals surface area contributed by atoms with Crippen LogP contribution in [0.2, 0.25) is 0 Å². The highest BCUT2D eigenvalue weighted by Gasteiger charge is 2.75. The summed E-state index contributed by atoms with van der Waals surface area (Å²) in [5.74, 6) is -16.1. The van der Waals surface area contributed by atoms with Gasteiger partial charge >= 0.3 is 18.0 Å². The molecule has 0 heterocycles. The molecule has 0 unspecified atom stereocenters. The number of carbonyl (C=O) groups is 2. The number of carbonyl (C=O) groups excluding carboxylic acids is 2. The maximum atomic E-state index is 13.1. The van der Waals surface area contributed by atoms with Gasteiger partial charge in [-0.2, -0.15) is 30.7 Å². The van der Waals surface area contributed by atoms with Crippen LogP contribution in [0.4, 0.5) is 30.7 Å². The minimum Gasteiger partial charge on any atom is -0.303 e. The first-order chi connectivity index (χ1) is 11.3. The van der Waals surface area contributed by atoms with Crippen LogP contribution in [0, 0.1) is 0 Å². The van der Waals surface area contributed by atoms with E-state index in [4.69, 9.17) is 0 Å². The SMILES string of the molecule is C/C(=C/C(=O)C(F)(F)C(F)(F)C(F)(F)F)NNC(=O)c1ccccc1. The van der Waals surface area contributed by atoms with Crippen molar-refractivity contribution >= 4 is 11.7 Å². The molecule has 0 saturated carbocycles. The Morgan fingerprint density at radius 2 is 1.44 bits per heavy atom. The standard InChI is InChI=1S/C14H11F7N2O2/c1-8(22-23-11(25)9-5-3-2-4-6-9)7-10(24)12(15,16)13(17,18)14(19,20)21/h2-7,22H,1H3,(H,23,25)/b8-7-. The van der Waals surface area contributed by atoms with E-state index in [1.165, 1.54) is 24.3 Å². The van der Waals surface area contributed by atoms with Crippen LogP contribution in [-0.4, -0.2) is 29.7 Å². The van der Waals surface area contributed by atoms with Gasteiger partial charge in [0, 0.05) is 17.3 Å². The van der Waals surface area contributed by atoms with Crippen LogP contribution < -0.4 is 10.9 Å². The molecule has 1 aromatic carbocycles. The lowest BCUT2D eigenvalue weighted by Crippen LogP contribution is -2.55. The van der Waals surface area contributed by atoms with E-state index in [1.807, 2.05) is 10.9 Å². The van der Waals surface area contributed by atoms with Crippen LogP contribution in [0.15, 0.2) is 42.1 Å². The first-order valence-electron chi connectivity index (χ1n) is 6.47. The Balaban J connectivity index is 2.81. The molecule has 0 fully saturated rings. The maximum absolute atomic E-state index is 13.1. The predicted octanol–water partition coefficient (Wildman–Crippen LogP) is 3.23. The van der Waals surface area contributed by atoms with Crippen LogP contribution in [0.5, 0.6) is 0 Å². The van der Waals surface area contributed by atoms with Crippen molar-refractivity contribution in [1.29, 1.82) is 0 Å².